The highest BCUT2D eigenvalue weighted by molar-refractivity contribution is 4.83. The van der Waals surface area contributed by atoms with Crippen LogP contribution >= 0.6 is 0 Å². The lowest BCUT2D eigenvalue weighted by molar-refractivity contribution is 0.220. The van der Waals surface area contributed by atoms with Gasteiger partial charge in [0.1, 0.15) is 0 Å². The van der Waals surface area contributed by atoms with E-state index in [4.69, 9.17) is 0 Å². The van der Waals surface area contributed by atoms with Crippen LogP contribution in [0.1, 0.15) is 44.9 Å². The third-order valence-electron chi connectivity index (χ3n) is 4.74. The summed E-state index contributed by atoms with van der Waals surface area (Å²) in [6.45, 7) is 6.74. The zero-order valence-corrected chi connectivity index (χ0v) is 11.2. The van der Waals surface area contributed by atoms with Gasteiger partial charge in [-0.25, -0.2) is 0 Å². The molecular formula is C15H28N2. The second kappa shape index (κ2) is 5.71. The number of hydrogen-bond acceptors (Lipinski definition) is 2. The van der Waals surface area contributed by atoms with E-state index in [0.717, 1.165) is 17.8 Å². The van der Waals surface area contributed by atoms with Crippen LogP contribution in [0.2, 0.25) is 0 Å². The van der Waals surface area contributed by atoms with E-state index in [0.29, 0.717) is 0 Å². The number of nitrogens with one attached hydrogen (secondary N) is 1. The molecule has 0 radical (unpaired) electrons. The van der Waals surface area contributed by atoms with Crippen molar-refractivity contribution in [3.63, 3.8) is 0 Å². The molecule has 3 rings (SSSR count). The van der Waals surface area contributed by atoms with Crippen molar-refractivity contribution in [3.05, 3.63) is 0 Å². The second-order valence-electron chi connectivity index (χ2n) is 6.63. The Balaban J connectivity index is 1.38. The fraction of sp³-hybridized carbons (Fsp3) is 1.00. The standard InChI is InChI=1S/C15H28N2/c1-2-14(1)11-17(12-15-3-4-15)10-7-13-5-8-16-9-6-13/h13-16H,1-12H2. The van der Waals surface area contributed by atoms with Gasteiger partial charge in [0, 0.05) is 13.1 Å². The maximum Gasteiger partial charge on any atom is 0.000978 e. The van der Waals surface area contributed by atoms with E-state index in [2.05, 4.69) is 10.2 Å². The van der Waals surface area contributed by atoms with Crippen LogP contribution in [-0.2, 0) is 0 Å². The highest BCUT2D eigenvalue weighted by Gasteiger charge is 2.29. The normalized spacial score (nSPS) is 26.6. The largest absolute Gasteiger partial charge is 0.317 e. The van der Waals surface area contributed by atoms with Crippen molar-refractivity contribution in [2.45, 2.75) is 44.9 Å². The van der Waals surface area contributed by atoms with E-state index in [1.54, 1.807) is 0 Å². The lowest BCUT2D eigenvalue weighted by Crippen LogP contribution is -2.33. The van der Waals surface area contributed by atoms with Gasteiger partial charge in [-0.1, -0.05) is 0 Å². The van der Waals surface area contributed by atoms with Crippen molar-refractivity contribution >= 4 is 0 Å². The molecule has 1 aliphatic heterocycles. The van der Waals surface area contributed by atoms with Gasteiger partial charge >= 0.3 is 0 Å². The van der Waals surface area contributed by atoms with Crippen LogP contribution in [0, 0.1) is 17.8 Å². The fourth-order valence-electron chi connectivity index (χ4n) is 3.12. The molecule has 1 heterocycles. The Morgan fingerprint density at radius 3 is 1.88 bits per heavy atom. The Labute approximate surface area is 106 Å². The van der Waals surface area contributed by atoms with Gasteiger partial charge < -0.3 is 10.2 Å². The van der Waals surface area contributed by atoms with Crippen molar-refractivity contribution in [1.82, 2.24) is 10.2 Å². The van der Waals surface area contributed by atoms with Gasteiger partial charge in [-0.05, 0) is 82.3 Å². The average Bonchev–Trinajstić information content (AvgIpc) is 3.23. The molecule has 1 saturated heterocycles. The molecule has 2 heteroatoms. The van der Waals surface area contributed by atoms with Crippen molar-refractivity contribution in [3.8, 4) is 0 Å². The summed E-state index contributed by atoms with van der Waals surface area (Å²) in [6.07, 6.45) is 10.3. The van der Waals surface area contributed by atoms with Gasteiger partial charge in [0.05, 0.1) is 0 Å². The minimum Gasteiger partial charge on any atom is -0.317 e. The lowest BCUT2D eigenvalue weighted by Gasteiger charge is -2.27. The molecule has 1 N–H and O–H groups in total. The molecule has 0 amide bonds. The van der Waals surface area contributed by atoms with Crippen molar-refractivity contribution in [2.75, 3.05) is 32.7 Å². The fourth-order valence-corrected chi connectivity index (χ4v) is 3.12. The quantitative estimate of drug-likeness (QED) is 0.730. The van der Waals surface area contributed by atoms with E-state index in [1.165, 1.54) is 77.7 Å². The topological polar surface area (TPSA) is 15.3 Å². The summed E-state index contributed by atoms with van der Waals surface area (Å²) < 4.78 is 0. The molecule has 3 aliphatic rings. The van der Waals surface area contributed by atoms with Crippen LogP contribution in [0.3, 0.4) is 0 Å². The summed E-state index contributed by atoms with van der Waals surface area (Å²) in [5.74, 6) is 3.15. The van der Waals surface area contributed by atoms with Crippen LogP contribution in [0.25, 0.3) is 0 Å². The third kappa shape index (κ3) is 4.26. The maximum atomic E-state index is 3.47. The predicted molar refractivity (Wildman–Crippen MR) is 72.1 cm³/mol. The molecule has 2 nitrogen and oxygen atoms in total. The van der Waals surface area contributed by atoms with Gasteiger partial charge in [-0.15, -0.1) is 0 Å². The van der Waals surface area contributed by atoms with Gasteiger partial charge in [0.15, 0.2) is 0 Å². The Morgan fingerprint density at radius 2 is 1.35 bits per heavy atom. The minimum absolute atomic E-state index is 1.01. The molecule has 0 spiro atoms. The van der Waals surface area contributed by atoms with Crippen LogP contribution in [-0.4, -0.2) is 37.6 Å². The molecule has 0 atom stereocenters. The molecule has 98 valence electrons. The zero-order chi connectivity index (χ0) is 11.5. The van der Waals surface area contributed by atoms with Gasteiger partial charge in [0.2, 0.25) is 0 Å². The first-order chi connectivity index (χ1) is 8.40. The molecule has 0 aromatic carbocycles. The molecular weight excluding hydrogens is 208 g/mol. The van der Waals surface area contributed by atoms with Crippen LogP contribution in [0.5, 0.6) is 0 Å². The van der Waals surface area contributed by atoms with Crippen LogP contribution in [0.15, 0.2) is 0 Å². The van der Waals surface area contributed by atoms with E-state index in [1.807, 2.05) is 0 Å². The molecule has 2 saturated carbocycles. The lowest BCUT2D eigenvalue weighted by atomic mass is 9.94. The Bertz CT molecular complexity index is 213. The molecule has 3 fully saturated rings. The molecule has 17 heavy (non-hydrogen) atoms. The molecule has 2 aliphatic carbocycles. The van der Waals surface area contributed by atoms with Crippen LogP contribution < -0.4 is 5.32 Å². The third-order valence-corrected chi connectivity index (χ3v) is 4.74. The minimum atomic E-state index is 1.01. The first-order valence-corrected chi connectivity index (χ1v) is 7.83. The SMILES string of the molecule is C1CC(CCN(CC2CC2)CC2CC2)CCN1. The summed E-state index contributed by atoms with van der Waals surface area (Å²) >= 11 is 0. The summed E-state index contributed by atoms with van der Waals surface area (Å²) in [6, 6.07) is 0. The molecule has 0 bridgehead atoms. The highest BCUT2D eigenvalue weighted by atomic mass is 15.1. The zero-order valence-electron chi connectivity index (χ0n) is 11.2. The van der Waals surface area contributed by atoms with Crippen molar-refractivity contribution < 1.29 is 0 Å². The van der Waals surface area contributed by atoms with E-state index in [-0.39, 0.29) is 0 Å². The summed E-state index contributed by atoms with van der Waals surface area (Å²) in [5.41, 5.74) is 0. The monoisotopic (exact) mass is 236 g/mol. The summed E-state index contributed by atoms with van der Waals surface area (Å²) in [5, 5.41) is 3.47. The maximum absolute atomic E-state index is 3.47. The first kappa shape index (κ1) is 12.0. The van der Waals surface area contributed by atoms with Crippen LogP contribution in [0.4, 0.5) is 0 Å². The summed E-state index contributed by atoms with van der Waals surface area (Å²) in [7, 11) is 0. The summed E-state index contributed by atoms with van der Waals surface area (Å²) in [4.78, 5) is 2.80. The van der Waals surface area contributed by atoms with Gasteiger partial charge in [-0.3, -0.25) is 0 Å². The number of rotatable bonds is 7. The Hall–Kier alpha value is -0.0800. The van der Waals surface area contributed by atoms with Crippen molar-refractivity contribution in [2.24, 2.45) is 17.8 Å². The Morgan fingerprint density at radius 1 is 0.765 bits per heavy atom. The number of piperidine rings is 1. The number of nitrogens with zero attached hydrogens (tertiary/aromatic N) is 1. The second-order valence-corrected chi connectivity index (χ2v) is 6.63. The van der Waals surface area contributed by atoms with Gasteiger partial charge in [0.25, 0.3) is 0 Å². The van der Waals surface area contributed by atoms with E-state index >= 15 is 0 Å². The van der Waals surface area contributed by atoms with E-state index < -0.39 is 0 Å². The molecule has 0 aromatic rings. The smallest absolute Gasteiger partial charge is 0.000978 e. The van der Waals surface area contributed by atoms with E-state index in [9.17, 15) is 0 Å². The first-order valence-electron chi connectivity index (χ1n) is 7.83. The average molecular weight is 236 g/mol. The highest BCUT2D eigenvalue weighted by Crippen LogP contribution is 2.34. The molecule has 0 unspecified atom stereocenters. The van der Waals surface area contributed by atoms with Gasteiger partial charge in [-0.2, -0.15) is 0 Å². The predicted octanol–water partition coefficient (Wildman–Crippen LogP) is 2.50. The van der Waals surface area contributed by atoms with Crippen molar-refractivity contribution in [1.29, 1.82) is 0 Å². The number of hydrogen-bond donors (Lipinski definition) is 1. The molecule has 0 aromatic heterocycles. The Kier molecular flexibility index (Phi) is 4.02.